The molecule has 0 saturated heterocycles. The first kappa shape index (κ1) is 30.2. The molecule has 0 aliphatic rings. The van der Waals surface area contributed by atoms with Gasteiger partial charge in [0.2, 0.25) is 0 Å². The average molecular weight is 571 g/mol. The molecule has 0 bridgehead atoms. The van der Waals surface area contributed by atoms with Crippen molar-refractivity contribution in [2.24, 2.45) is 14.1 Å². The molecule has 0 saturated carbocycles. The molecule has 0 aliphatic carbocycles. The topological polar surface area (TPSA) is 131 Å². The molecule has 3 N–H and O–H groups in total. The summed E-state index contributed by atoms with van der Waals surface area (Å²) in [4.78, 5) is 31.7. The summed E-state index contributed by atoms with van der Waals surface area (Å²) in [5.41, 5.74) is 2.76. The molecule has 0 atom stereocenters. The SMILES string of the molecule is BC(B)(B)NC(=O)c1cnc(Nc2cc(C)n(C)n2)cc1Nc1cc(F)cc(-c2cc(C(=O)N(C)C)n(C)n2)c1OC. The van der Waals surface area contributed by atoms with Crippen LogP contribution in [-0.2, 0) is 14.1 Å². The second-order valence-corrected chi connectivity index (χ2v) is 11.1. The summed E-state index contributed by atoms with van der Waals surface area (Å²) in [6, 6.07) is 7.62. The molecular weight excluding hydrogens is 538 g/mol. The molecule has 0 radical (unpaired) electrons. The van der Waals surface area contributed by atoms with E-state index in [9.17, 15) is 9.59 Å². The molecule has 3 heterocycles. The number of carbonyl (C=O) groups is 2. The lowest BCUT2D eigenvalue weighted by molar-refractivity contribution is 0.0816. The third-order valence-electron chi connectivity index (χ3n) is 6.32. The van der Waals surface area contributed by atoms with E-state index in [0.717, 1.165) is 5.69 Å². The van der Waals surface area contributed by atoms with Crippen LogP contribution in [-0.4, -0.2) is 91.2 Å². The Morgan fingerprint density at radius 2 is 1.69 bits per heavy atom. The number of benzene rings is 1. The number of hydrogen-bond acceptors (Lipinski definition) is 8. The van der Waals surface area contributed by atoms with Crippen LogP contribution in [0.25, 0.3) is 11.3 Å². The van der Waals surface area contributed by atoms with Crippen LogP contribution in [0.4, 0.5) is 27.4 Å². The number of amides is 2. The maximum absolute atomic E-state index is 15.1. The molecular formula is C26H33B3FN9O3. The minimum atomic E-state index is -0.573. The number of aromatic nitrogens is 5. The molecule has 1 aromatic carbocycles. The number of ether oxygens (including phenoxy) is 1. The van der Waals surface area contributed by atoms with Crippen LogP contribution in [0, 0.1) is 12.7 Å². The minimum absolute atomic E-state index is 0.234. The van der Waals surface area contributed by atoms with E-state index in [1.807, 2.05) is 43.6 Å². The molecule has 3 aromatic heterocycles. The maximum Gasteiger partial charge on any atom is 0.271 e. The molecule has 4 rings (SSSR count). The summed E-state index contributed by atoms with van der Waals surface area (Å²) < 4.78 is 24.0. The van der Waals surface area contributed by atoms with E-state index in [0.29, 0.717) is 34.3 Å². The van der Waals surface area contributed by atoms with Crippen LogP contribution in [0.5, 0.6) is 5.75 Å². The van der Waals surface area contributed by atoms with Gasteiger partial charge >= 0.3 is 0 Å². The normalized spacial score (nSPS) is 11.2. The summed E-state index contributed by atoms with van der Waals surface area (Å²) in [7, 11) is 13.8. The van der Waals surface area contributed by atoms with Gasteiger partial charge in [0.25, 0.3) is 11.8 Å². The largest absolute Gasteiger partial charge is 0.494 e. The number of nitrogens with one attached hydrogen (secondary N) is 3. The number of aryl methyl sites for hydroxylation is 3. The van der Waals surface area contributed by atoms with Crippen molar-refractivity contribution in [3.63, 3.8) is 0 Å². The van der Waals surface area contributed by atoms with Gasteiger partial charge in [0.15, 0.2) is 11.6 Å². The monoisotopic (exact) mass is 571 g/mol. The molecule has 12 nitrogen and oxygen atoms in total. The van der Waals surface area contributed by atoms with Gasteiger partial charge in [0.1, 0.15) is 40.9 Å². The first-order valence-electron chi connectivity index (χ1n) is 13.2. The Labute approximate surface area is 246 Å². The summed E-state index contributed by atoms with van der Waals surface area (Å²) in [5.74, 6) is 0.0623. The number of nitrogens with zero attached hydrogens (tertiary/aromatic N) is 6. The minimum Gasteiger partial charge on any atom is -0.494 e. The van der Waals surface area contributed by atoms with Gasteiger partial charge in [-0.1, -0.05) is 0 Å². The van der Waals surface area contributed by atoms with Crippen molar-refractivity contribution in [1.82, 2.24) is 34.8 Å². The molecule has 0 unspecified atom stereocenters. The number of anilines is 4. The third kappa shape index (κ3) is 6.59. The Morgan fingerprint density at radius 1 is 0.976 bits per heavy atom. The summed E-state index contributed by atoms with van der Waals surface area (Å²) in [6.45, 7) is 1.92. The van der Waals surface area contributed by atoms with E-state index in [1.165, 1.54) is 35.0 Å². The third-order valence-corrected chi connectivity index (χ3v) is 6.32. The van der Waals surface area contributed by atoms with Crippen molar-refractivity contribution < 1.29 is 18.7 Å². The molecule has 2 amide bonds. The molecule has 0 aliphatic heterocycles. The standard InChI is InChI=1S/C26H33B3FN9O3/c1-13-7-22(36-38(13)4)33-21-11-17(16(12-31-21)24(40)34-26(27,28)29)32-19-9-14(30)8-15(23(19)42-6)18-10-20(39(5)35-18)25(41)37(2)3/h7-12H,27-29H2,1-6H3,(H,34,40)(H2,31,32,33,36). The first-order chi connectivity index (χ1) is 19.7. The highest BCUT2D eigenvalue weighted by Crippen LogP contribution is 2.39. The highest BCUT2D eigenvalue weighted by molar-refractivity contribution is 6.60. The van der Waals surface area contributed by atoms with Crippen molar-refractivity contribution in [3.8, 4) is 17.0 Å². The van der Waals surface area contributed by atoms with E-state index < -0.39 is 11.1 Å². The van der Waals surface area contributed by atoms with E-state index in [-0.39, 0.29) is 28.8 Å². The predicted molar refractivity (Wildman–Crippen MR) is 168 cm³/mol. The van der Waals surface area contributed by atoms with Gasteiger partial charge in [-0.05, 0) is 24.3 Å². The average Bonchev–Trinajstić information content (AvgIpc) is 3.42. The Morgan fingerprint density at radius 3 is 2.29 bits per heavy atom. The fourth-order valence-corrected chi connectivity index (χ4v) is 4.24. The Balaban J connectivity index is 1.80. The van der Waals surface area contributed by atoms with Gasteiger partial charge in [-0.3, -0.25) is 19.0 Å². The van der Waals surface area contributed by atoms with E-state index >= 15 is 4.39 Å². The van der Waals surface area contributed by atoms with Crippen LogP contribution >= 0.6 is 0 Å². The van der Waals surface area contributed by atoms with Gasteiger partial charge in [0.05, 0.1) is 29.7 Å². The van der Waals surface area contributed by atoms with Crippen molar-refractivity contribution >= 4 is 58.4 Å². The molecule has 0 spiro atoms. The zero-order valence-electron chi connectivity index (χ0n) is 25.3. The summed E-state index contributed by atoms with van der Waals surface area (Å²) in [6.07, 6.45) is 1.44. The fraction of sp³-hybridized carbons (Fsp3) is 0.269. The number of pyridine rings is 1. The van der Waals surface area contributed by atoms with E-state index in [2.05, 4.69) is 31.1 Å². The lowest BCUT2D eigenvalue weighted by Gasteiger charge is -2.22. The van der Waals surface area contributed by atoms with Crippen molar-refractivity contribution in [2.45, 2.75) is 12.2 Å². The second kappa shape index (κ2) is 11.6. The van der Waals surface area contributed by atoms with Gasteiger partial charge in [-0.2, -0.15) is 10.2 Å². The highest BCUT2D eigenvalue weighted by Gasteiger charge is 2.23. The van der Waals surface area contributed by atoms with Gasteiger partial charge < -0.3 is 25.6 Å². The lowest BCUT2D eigenvalue weighted by Crippen LogP contribution is -2.50. The predicted octanol–water partition coefficient (Wildman–Crippen LogP) is 0.101. The van der Waals surface area contributed by atoms with Gasteiger partial charge in [0, 0.05) is 63.8 Å². The molecule has 4 aromatic rings. The van der Waals surface area contributed by atoms with Gasteiger partial charge in [-0.15, -0.1) is 0 Å². The number of carbonyl (C=O) groups excluding carboxylic acids is 2. The van der Waals surface area contributed by atoms with E-state index in [4.69, 9.17) is 4.74 Å². The number of methoxy groups -OCH3 is 1. The van der Waals surface area contributed by atoms with Crippen LogP contribution in [0.2, 0.25) is 0 Å². The summed E-state index contributed by atoms with van der Waals surface area (Å²) >= 11 is 0. The fourth-order valence-electron chi connectivity index (χ4n) is 4.24. The number of hydrogen-bond donors (Lipinski definition) is 3. The smallest absolute Gasteiger partial charge is 0.271 e. The number of halogens is 1. The van der Waals surface area contributed by atoms with Crippen LogP contribution < -0.4 is 20.7 Å². The first-order valence-corrected chi connectivity index (χ1v) is 13.2. The van der Waals surface area contributed by atoms with Gasteiger partial charge in [-0.25, -0.2) is 9.37 Å². The van der Waals surface area contributed by atoms with Crippen LogP contribution in [0.3, 0.4) is 0 Å². The zero-order chi connectivity index (χ0) is 30.9. The highest BCUT2D eigenvalue weighted by atomic mass is 19.1. The van der Waals surface area contributed by atoms with Crippen LogP contribution in [0.15, 0.2) is 36.5 Å². The van der Waals surface area contributed by atoms with Crippen molar-refractivity contribution in [3.05, 3.63) is 59.3 Å². The van der Waals surface area contributed by atoms with E-state index in [1.54, 1.807) is 38.0 Å². The van der Waals surface area contributed by atoms with Crippen molar-refractivity contribution in [2.75, 3.05) is 31.8 Å². The Hall–Kier alpha value is -4.75. The molecule has 0 fully saturated rings. The molecule has 42 heavy (non-hydrogen) atoms. The van der Waals surface area contributed by atoms with Crippen LogP contribution in [0.1, 0.15) is 26.5 Å². The Kier molecular flexibility index (Phi) is 8.37. The second-order valence-electron chi connectivity index (χ2n) is 11.1. The lowest BCUT2D eigenvalue weighted by atomic mass is 9.49. The Bertz CT molecular complexity index is 1650. The zero-order valence-corrected chi connectivity index (χ0v) is 25.3. The maximum atomic E-state index is 15.1. The van der Waals surface area contributed by atoms with Crippen molar-refractivity contribution in [1.29, 1.82) is 0 Å². The quantitative estimate of drug-likeness (QED) is 0.242. The number of rotatable bonds is 9. The molecule has 216 valence electrons. The summed E-state index contributed by atoms with van der Waals surface area (Å²) in [5, 5.41) is 17.6. The molecule has 16 heteroatoms.